The summed E-state index contributed by atoms with van der Waals surface area (Å²) in [7, 11) is 0. The van der Waals surface area contributed by atoms with Gasteiger partial charge in [0.15, 0.2) is 5.69 Å². The van der Waals surface area contributed by atoms with Crippen LogP contribution in [0.15, 0.2) is 65.8 Å². The molecule has 2 aromatic heterocycles. The normalized spacial score (nSPS) is 11.3. The Hall–Kier alpha value is -3.25. The van der Waals surface area contributed by atoms with E-state index in [4.69, 9.17) is 0 Å². The molecule has 0 aliphatic rings. The number of hydrogen-bond acceptors (Lipinski definition) is 4. The molecule has 2 heterocycles. The number of amides is 1. The maximum atomic E-state index is 12.2. The van der Waals surface area contributed by atoms with E-state index < -0.39 is 0 Å². The SMILES string of the molecule is Cc1ccc(-c2cc(C(=O)N/N=C/c3cccc4ccccc34)n[nH]2)s1. The van der Waals surface area contributed by atoms with Crippen molar-refractivity contribution in [1.29, 1.82) is 0 Å². The molecule has 0 saturated heterocycles. The quantitative estimate of drug-likeness (QED) is 0.419. The molecule has 6 heteroatoms. The van der Waals surface area contributed by atoms with E-state index in [9.17, 15) is 4.79 Å². The van der Waals surface area contributed by atoms with Gasteiger partial charge in [0.1, 0.15) is 0 Å². The van der Waals surface area contributed by atoms with Gasteiger partial charge in [0.2, 0.25) is 0 Å². The first-order valence-electron chi connectivity index (χ1n) is 8.14. The summed E-state index contributed by atoms with van der Waals surface area (Å²) in [6.07, 6.45) is 1.65. The number of aromatic amines is 1. The fraction of sp³-hybridized carbons (Fsp3) is 0.0500. The molecule has 26 heavy (non-hydrogen) atoms. The second-order valence-electron chi connectivity index (χ2n) is 5.84. The lowest BCUT2D eigenvalue weighted by atomic mass is 10.1. The number of nitrogens with zero attached hydrogens (tertiary/aromatic N) is 2. The fourth-order valence-corrected chi connectivity index (χ4v) is 3.56. The fourth-order valence-electron chi connectivity index (χ4n) is 2.72. The molecule has 0 spiro atoms. The second kappa shape index (κ2) is 6.93. The van der Waals surface area contributed by atoms with E-state index >= 15 is 0 Å². The maximum absolute atomic E-state index is 12.2. The van der Waals surface area contributed by atoms with Crippen molar-refractivity contribution >= 4 is 34.2 Å². The Morgan fingerprint density at radius 3 is 2.85 bits per heavy atom. The summed E-state index contributed by atoms with van der Waals surface area (Å²) in [6, 6.07) is 19.8. The van der Waals surface area contributed by atoms with Crippen LogP contribution in [0.1, 0.15) is 20.9 Å². The third kappa shape index (κ3) is 3.27. The minimum Gasteiger partial charge on any atom is -0.276 e. The number of fused-ring (bicyclic) bond motifs is 1. The summed E-state index contributed by atoms with van der Waals surface area (Å²) in [6.45, 7) is 2.04. The lowest BCUT2D eigenvalue weighted by Gasteiger charge is -2.01. The lowest BCUT2D eigenvalue weighted by Crippen LogP contribution is -2.18. The van der Waals surface area contributed by atoms with Crippen molar-refractivity contribution < 1.29 is 4.79 Å². The van der Waals surface area contributed by atoms with E-state index in [1.54, 1.807) is 23.6 Å². The number of benzene rings is 2. The molecule has 128 valence electrons. The van der Waals surface area contributed by atoms with Crippen LogP contribution in [0.25, 0.3) is 21.3 Å². The predicted molar refractivity (Wildman–Crippen MR) is 106 cm³/mol. The number of thiophene rings is 1. The Morgan fingerprint density at radius 1 is 1.15 bits per heavy atom. The molecule has 0 radical (unpaired) electrons. The molecular formula is C20H16N4OS. The predicted octanol–water partition coefficient (Wildman–Crippen LogP) is 4.36. The first kappa shape index (κ1) is 16.2. The largest absolute Gasteiger partial charge is 0.291 e. The van der Waals surface area contributed by atoms with E-state index in [1.807, 2.05) is 61.5 Å². The average Bonchev–Trinajstić information content (AvgIpc) is 3.31. The number of carbonyl (C=O) groups is 1. The van der Waals surface area contributed by atoms with Crippen LogP contribution < -0.4 is 5.43 Å². The van der Waals surface area contributed by atoms with Gasteiger partial charge < -0.3 is 0 Å². The lowest BCUT2D eigenvalue weighted by molar-refractivity contribution is 0.0950. The summed E-state index contributed by atoms with van der Waals surface area (Å²) < 4.78 is 0. The zero-order valence-electron chi connectivity index (χ0n) is 14.1. The van der Waals surface area contributed by atoms with E-state index in [0.29, 0.717) is 5.69 Å². The van der Waals surface area contributed by atoms with Crippen molar-refractivity contribution in [2.24, 2.45) is 5.10 Å². The number of hydrogen-bond donors (Lipinski definition) is 2. The Kier molecular flexibility index (Phi) is 4.33. The highest BCUT2D eigenvalue weighted by Gasteiger charge is 2.11. The van der Waals surface area contributed by atoms with Crippen LogP contribution in [0.2, 0.25) is 0 Å². The Morgan fingerprint density at radius 2 is 2.00 bits per heavy atom. The summed E-state index contributed by atoms with van der Waals surface area (Å²) in [4.78, 5) is 14.5. The van der Waals surface area contributed by atoms with Crippen molar-refractivity contribution in [2.75, 3.05) is 0 Å². The highest BCUT2D eigenvalue weighted by Crippen LogP contribution is 2.26. The van der Waals surface area contributed by atoms with Gasteiger partial charge in [-0.2, -0.15) is 10.2 Å². The van der Waals surface area contributed by atoms with Gasteiger partial charge in [-0.15, -0.1) is 11.3 Å². The Labute approximate surface area is 154 Å². The highest BCUT2D eigenvalue weighted by atomic mass is 32.1. The average molecular weight is 360 g/mol. The number of carbonyl (C=O) groups excluding carboxylic acids is 1. The molecule has 5 nitrogen and oxygen atoms in total. The molecule has 0 atom stereocenters. The zero-order valence-corrected chi connectivity index (χ0v) is 14.9. The van der Waals surface area contributed by atoms with Gasteiger partial charge >= 0.3 is 0 Å². The molecule has 1 amide bonds. The standard InChI is InChI=1S/C20H16N4OS/c1-13-9-10-19(26-13)17-11-18(23-22-17)20(25)24-21-12-15-7-4-6-14-5-2-3-8-16(14)15/h2-12H,1H3,(H,22,23)(H,24,25)/b21-12+. The van der Waals surface area contributed by atoms with Crippen molar-refractivity contribution in [3.8, 4) is 10.6 Å². The van der Waals surface area contributed by atoms with Gasteiger partial charge in [-0.3, -0.25) is 9.89 Å². The Balaban J connectivity index is 1.48. The summed E-state index contributed by atoms with van der Waals surface area (Å²) >= 11 is 1.65. The van der Waals surface area contributed by atoms with Crippen molar-refractivity contribution in [1.82, 2.24) is 15.6 Å². The van der Waals surface area contributed by atoms with Crippen molar-refractivity contribution in [2.45, 2.75) is 6.92 Å². The number of aryl methyl sites for hydroxylation is 1. The van der Waals surface area contributed by atoms with E-state index in [2.05, 4.69) is 20.7 Å². The topological polar surface area (TPSA) is 70.1 Å². The Bertz CT molecular complexity index is 1100. The van der Waals surface area contributed by atoms with E-state index in [1.165, 1.54) is 4.88 Å². The number of aromatic nitrogens is 2. The van der Waals surface area contributed by atoms with Crippen LogP contribution in [0.4, 0.5) is 0 Å². The molecule has 2 aromatic carbocycles. The minimum atomic E-state index is -0.350. The van der Waals surface area contributed by atoms with Gasteiger partial charge in [-0.1, -0.05) is 42.5 Å². The second-order valence-corrected chi connectivity index (χ2v) is 7.13. The third-order valence-electron chi connectivity index (χ3n) is 4.01. The maximum Gasteiger partial charge on any atom is 0.291 e. The van der Waals surface area contributed by atoms with Crippen LogP contribution in [0, 0.1) is 6.92 Å². The molecule has 0 aliphatic carbocycles. The van der Waals surface area contributed by atoms with Crippen LogP contribution in [0.5, 0.6) is 0 Å². The molecule has 4 rings (SSSR count). The minimum absolute atomic E-state index is 0.307. The first-order chi connectivity index (χ1) is 12.7. The van der Waals surface area contributed by atoms with Gasteiger partial charge in [-0.25, -0.2) is 5.43 Å². The third-order valence-corrected chi connectivity index (χ3v) is 5.04. The smallest absolute Gasteiger partial charge is 0.276 e. The van der Waals surface area contributed by atoms with Crippen LogP contribution in [-0.4, -0.2) is 22.3 Å². The van der Waals surface area contributed by atoms with Crippen molar-refractivity contribution in [3.63, 3.8) is 0 Å². The van der Waals surface area contributed by atoms with Gasteiger partial charge in [0.05, 0.1) is 16.8 Å². The molecule has 4 aromatic rings. The highest BCUT2D eigenvalue weighted by molar-refractivity contribution is 7.15. The van der Waals surface area contributed by atoms with Crippen LogP contribution >= 0.6 is 11.3 Å². The summed E-state index contributed by atoms with van der Waals surface area (Å²) in [5.41, 5.74) is 4.61. The monoisotopic (exact) mass is 360 g/mol. The number of nitrogens with one attached hydrogen (secondary N) is 2. The molecule has 0 saturated carbocycles. The number of H-pyrrole nitrogens is 1. The number of rotatable bonds is 4. The van der Waals surface area contributed by atoms with Crippen LogP contribution in [0.3, 0.4) is 0 Å². The number of hydrazone groups is 1. The zero-order chi connectivity index (χ0) is 17.9. The first-order valence-corrected chi connectivity index (χ1v) is 8.96. The van der Waals surface area contributed by atoms with Gasteiger partial charge in [-0.05, 0) is 35.9 Å². The van der Waals surface area contributed by atoms with Crippen LogP contribution in [-0.2, 0) is 0 Å². The molecule has 0 bridgehead atoms. The molecule has 0 aliphatic heterocycles. The van der Waals surface area contributed by atoms with E-state index in [-0.39, 0.29) is 5.91 Å². The molecule has 2 N–H and O–H groups in total. The van der Waals surface area contributed by atoms with Crippen molar-refractivity contribution in [3.05, 3.63) is 76.8 Å². The van der Waals surface area contributed by atoms with E-state index in [0.717, 1.165) is 26.9 Å². The summed E-state index contributed by atoms with van der Waals surface area (Å²) in [5, 5.41) is 13.3. The molecule has 0 unspecified atom stereocenters. The summed E-state index contributed by atoms with van der Waals surface area (Å²) in [5.74, 6) is -0.350. The molecule has 0 fully saturated rings. The van der Waals surface area contributed by atoms with Gasteiger partial charge in [0.25, 0.3) is 5.91 Å². The molecular weight excluding hydrogens is 344 g/mol. The van der Waals surface area contributed by atoms with Gasteiger partial charge in [0, 0.05) is 10.4 Å².